The van der Waals surface area contributed by atoms with Crippen molar-refractivity contribution >= 4 is 17.2 Å². The number of nitrogens with zero attached hydrogens (tertiary/aromatic N) is 1. The first-order valence-corrected chi connectivity index (χ1v) is 6.18. The van der Waals surface area contributed by atoms with E-state index in [1.807, 2.05) is 7.05 Å². The van der Waals surface area contributed by atoms with Crippen LogP contribution in [-0.4, -0.2) is 10.9 Å². The van der Waals surface area contributed by atoms with Gasteiger partial charge in [0.2, 0.25) is 0 Å². The summed E-state index contributed by atoms with van der Waals surface area (Å²) in [7, 11) is 2.00. The van der Waals surface area contributed by atoms with Crippen molar-refractivity contribution in [1.29, 1.82) is 0 Å². The van der Waals surface area contributed by atoms with Crippen molar-refractivity contribution in [3.8, 4) is 0 Å². The second-order valence-electron chi connectivity index (χ2n) is 5.23. The lowest BCUT2D eigenvalue weighted by Crippen LogP contribution is -1.96. The molecular weight excluding hydrogens is 210 g/mol. The van der Waals surface area contributed by atoms with Crippen molar-refractivity contribution in [2.45, 2.75) is 32.6 Å². The van der Waals surface area contributed by atoms with E-state index in [2.05, 4.69) is 30.5 Å². The van der Waals surface area contributed by atoms with E-state index in [1.165, 1.54) is 40.4 Å². The van der Waals surface area contributed by atoms with Gasteiger partial charge in [0.25, 0.3) is 0 Å². The largest absolute Gasteiger partial charge is 0.341 e. The molecule has 0 atom stereocenters. The van der Waals surface area contributed by atoms with E-state index < -0.39 is 0 Å². The molecule has 0 unspecified atom stereocenters. The summed E-state index contributed by atoms with van der Waals surface area (Å²) in [5.41, 5.74) is 5.92. The Balaban J connectivity index is 2.47. The van der Waals surface area contributed by atoms with Crippen molar-refractivity contribution in [1.82, 2.24) is 4.57 Å². The molecule has 1 fully saturated rings. The summed E-state index contributed by atoms with van der Waals surface area (Å²) in [6.45, 7) is 4.26. The summed E-state index contributed by atoms with van der Waals surface area (Å²) < 4.78 is 2.05. The zero-order valence-electron chi connectivity index (χ0n) is 10.6. The highest BCUT2D eigenvalue weighted by molar-refractivity contribution is 5.96. The second kappa shape index (κ2) is 3.46. The lowest BCUT2D eigenvalue weighted by molar-refractivity contribution is 0.111. The lowest BCUT2D eigenvalue weighted by atomic mass is 10.0. The molecule has 3 rings (SSSR count). The van der Waals surface area contributed by atoms with Gasteiger partial charge < -0.3 is 4.57 Å². The van der Waals surface area contributed by atoms with Crippen molar-refractivity contribution < 1.29 is 4.79 Å². The van der Waals surface area contributed by atoms with Gasteiger partial charge in [-0.15, -0.1) is 0 Å². The third-order valence-corrected chi connectivity index (χ3v) is 3.82. The number of aromatic nitrogens is 1. The number of hydrogen-bond acceptors (Lipinski definition) is 1. The first-order chi connectivity index (χ1) is 8.13. The molecule has 0 saturated heterocycles. The minimum Gasteiger partial charge on any atom is -0.341 e. The van der Waals surface area contributed by atoms with Gasteiger partial charge >= 0.3 is 0 Å². The molecule has 2 heteroatoms. The van der Waals surface area contributed by atoms with E-state index in [4.69, 9.17) is 0 Å². The maximum Gasteiger partial charge on any atom is 0.166 e. The van der Waals surface area contributed by atoms with E-state index in [9.17, 15) is 4.79 Å². The summed E-state index contributed by atoms with van der Waals surface area (Å²) >= 11 is 0. The molecule has 0 amide bonds. The second-order valence-corrected chi connectivity index (χ2v) is 5.23. The van der Waals surface area contributed by atoms with Crippen LogP contribution in [0.2, 0.25) is 0 Å². The molecule has 0 spiro atoms. The number of benzene rings is 1. The highest BCUT2D eigenvalue weighted by Gasteiger charge is 2.31. The standard InChI is InChI=1S/C15H17NO/c1-9-6-10(2)14-12(7-9)16(3)13(8-17)15(14)11-4-5-11/h6-8,11H,4-5H2,1-3H3. The van der Waals surface area contributed by atoms with Crippen LogP contribution in [0.15, 0.2) is 12.1 Å². The molecule has 0 aliphatic heterocycles. The minimum absolute atomic E-state index is 0.611. The Bertz CT molecular complexity index is 618. The molecule has 2 aromatic rings. The number of fused-ring (bicyclic) bond motifs is 1. The summed E-state index contributed by atoms with van der Waals surface area (Å²) in [5.74, 6) is 0.611. The average molecular weight is 227 g/mol. The van der Waals surface area contributed by atoms with Crippen LogP contribution in [0.5, 0.6) is 0 Å². The molecule has 0 bridgehead atoms. The van der Waals surface area contributed by atoms with Gasteiger partial charge in [-0.3, -0.25) is 4.79 Å². The van der Waals surface area contributed by atoms with Crippen molar-refractivity contribution in [2.75, 3.05) is 0 Å². The van der Waals surface area contributed by atoms with E-state index in [0.717, 1.165) is 12.0 Å². The first-order valence-electron chi connectivity index (χ1n) is 6.18. The Morgan fingerprint density at radius 1 is 1.29 bits per heavy atom. The molecule has 17 heavy (non-hydrogen) atoms. The van der Waals surface area contributed by atoms with E-state index in [1.54, 1.807) is 0 Å². The Morgan fingerprint density at radius 2 is 2.00 bits per heavy atom. The van der Waals surface area contributed by atoms with Gasteiger partial charge in [-0.2, -0.15) is 0 Å². The zero-order chi connectivity index (χ0) is 12.2. The van der Waals surface area contributed by atoms with Crippen LogP contribution in [0.1, 0.15) is 45.9 Å². The predicted molar refractivity (Wildman–Crippen MR) is 69.8 cm³/mol. The molecule has 1 heterocycles. The molecular formula is C15H17NO. The molecule has 0 N–H and O–H groups in total. The van der Waals surface area contributed by atoms with Gasteiger partial charge in [-0.25, -0.2) is 0 Å². The third-order valence-electron chi connectivity index (χ3n) is 3.82. The highest BCUT2D eigenvalue weighted by atomic mass is 16.1. The van der Waals surface area contributed by atoms with Crippen LogP contribution in [0.3, 0.4) is 0 Å². The van der Waals surface area contributed by atoms with Crippen LogP contribution < -0.4 is 0 Å². The summed E-state index contributed by atoms with van der Waals surface area (Å²) in [6.07, 6.45) is 3.48. The van der Waals surface area contributed by atoms with Gasteiger partial charge in [-0.1, -0.05) is 6.07 Å². The van der Waals surface area contributed by atoms with Gasteiger partial charge in [0.1, 0.15) is 0 Å². The first kappa shape index (κ1) is 10.6. The fourth-order valence-corrected chi connectivity index (χ4v) is 2.93. The SMILES string of the molecule is Cc1cc(C)c2c(C3CC3)c(C=O)n(C)c2c1. The number of aldehydes is 1. The van der Waals surface area contributed by atoms with Gasteiger partial charge in [0.05, 0.1) is 5.69 Å². The molecule has 1 aliphatic rings. The number of hydrogen-bond donors (Lipinski definition) is 0. The molecule has 1 aromatic heterocycles. The van der Waals surface area contributed by atoms with Gasteiger partial charge in [-0.05, 0) is 55.4 Å². The fraction of sp³-hybridized carbons (Fsp3) is 0.400. The Labute approximate surface area is 101 Å². The molecule has 1 saturated carbocycles. The van der Waals surface area contributed by atoms with Crippen LogP contribution in [-0.2, 0) is 7.05 Å². The Kier molecular flexibility index (Phi) is 2.15. The predicted octanol–water partition coefficient (Wildman–Crippen LogP) is 3.49. The quantitative estimate of drug-likeness (QED) is 0.720. The summed E-state index contributed by atoms with van der Waals surface area (Å²) in [6, 6.07) is 4.39. The minimum atomic E-state index is 0.611. The van der Waals surface area contributed by atoms with Crippen LogP contribution in [0.25, 0.3) is 10.9 Å². The van der Waals surface area contributed by atoms with E-state index in [-0.39, 0.29) is 0 Å². The topological polar surface area (TPSA) is 22.0 Å². The molecule has 1 aliphatic carbocycles. The van der Waals surface area contributed by atoms with Crippen molar-refractivity contribution in [3.05, 3.63) is 34.5 Å². The van der Waals surface area contributed by atoms with Crippen molar-refractivity contribution in [3.63, 3.8) is 0 Å². The van der Waals surface area contributed by atoms with Crippen LogP contribution in [0, 0.1) is 13.8 Å². The monoisotopic (exact) mass is 227 g/mol. The summed E-state index contributed by atoms with van der Waals surface area (Å²) in [4.78, 5) is 11.3. The smallest absolute Gasteiger partial charge is 0.166 e. The number of rotatable bonds is 2. The van der Waals surface area contributed by atoms with Gasteiger partial charge in [0, 0.05) is 18.0 Å². The summed E-state index contributed by atoms with van der Waals surface area (Å²) in [5, 5.41) is 1.31. The Morgan fingerprint density at radius 3 is 2.59 bits per heavy atom. The maximum absolute atomic E-state index is 11.3. The average Bonchev–Trinajstić information content (AvgIpc) is 3.05. The molecule has 1 aromatic carbocycles. The molecule has 0 radical (unpaired) electrons. The lowest BCUT2D eigenvalue weighted by Gasteiger charge is -2.03. The maximum atomic E-state index is 11.3. The van der Waals surface area contributed by atoms with Crippen molar-refractivity contribution in [2.24, 2.45) is 7.05 Å². The Hall–Kier alpha value is -1.57. The zero-order valence-corrected chi connectivity index (χ0v) is 10.6. The normalized spacial score (nSPS) is 15.5. The van der Waals surface area contributed by atoms with Gasteiger partial charge in [0.15, 0.2) is 6.29 Å². The van der Waals surface area contributed by atoms with E-state index >= 15 is 0 Å². The number of carbonyl (C=O) groups is 1. The third kappa shape index (κ3) is 1.43. The molecule has 88 valence electrons. The fourth-order valence-electron chi connectivity index (χ4n) is 2.93. The van der Waals surface area contributed by atoms with Crippen LogP contribution >= 0.6 is 0 Å². The van der Waals surface area contributed by atoms with E-state index in [0.29, 0.717) is 5.92 Å². The number of carbonyl (C=O) groups excluding carboxylic acids is 1. The highest BCUT2D eigenvalue weighted by Crippen LogP contribution is 2.46. The van der Waals surface area contributed by atoms with Crippen LogP contribution in [0.4, 0.5) is 0 Å². The molecule has 2 nitrogen and oxygen atoms in total. The number of aryl methyl sites for hydroxylation is 3.